The molecule has 1 heterocycles. The SMILES string of the molecule is CCCC[C@H](CC)C(=O)Nc1nc(-c2ccc(Cl)cc2)cs1. The lowest BCUT2D eigenvalue weighted by molar-refractivity contribution is -0.120. The lowest BCUT2D eigenvalue weighted by Crippen LogP contribution is -2.22. The van der Waals surface area contributed by atoms with Crippen LogP contribution in [-0.4, -0.2) is 10.9 Å². The Labute approximate surface area is 140 Å². The second kappa shape index (κ2) is 8.30. The van der Waals surface area contributed by atoms with E-state index in [0.29, 0.717) is 10.2 Å². The van der Waals surface area contributed by atoms with E-state index >= 15 is 0 Å². The third-order valence-corrected chi connectivity index (χ3v) is 4.65. The van der Waals surface area contributed by atoms with Gasteiger partial charge in [0.1, 0.15) is 0 Å². The van der Waals surface area contributed by atoms with Crippen LogP contribution in [0.2, 0.25) is 5.02 Å². The molecule has 0 unspecified atom stereocenters. The Morgan fingerprint density at radius 3 is 2.68 bits per heavy atom. The number of carbonyl (C=O) groups excluding carboxylic acids is 1. The minimum absolute atomic E-state index is 0.0721. The van der Waals surface area contributed by atoms with E-state index in [1.54, 1.807) is 0 Å². The predicted octanol–water partition coefficient (Wildman–Crippen LogP) is 5.62. The van der Waals surface area contributed by atoms with E-state index in [1.165, 1.54) is 11.3 Å². The fourth-order valence-electron chi connectivity index (χ4n) is 2.26. The molecule has 1 aromatic heterocycles. The van der Waals surface area contributed by atoms with Gasteiger partial charge in [0.05, 0.1) is 5.69 Å². The van der Waals surface area contributed by atoms with Gasteiger partial charge in [-0.3, -0.25) is 4.79 Å². The number of aromatic nitrogens is 1. The van der Waals surface area contributed by atoms with Crippen LogP contribution in [0.5, 0.6) is 0 Å². The van der Waals surface area contributed by atoms with Crippen LogP contribution in [0.1, 0.15) is 39.5 Å². The summed E-state index contributed by atoms with van der Waals surface area (Å²) in [5, 5.41) is 6.26. The molecule has 0 aliphatic rings. The van der Waals surface area contributed by atoms with E-state index in [9.17, 15) is 4.79 Å². The van der Waals surface area contributed by atoms with E-state index in [0.717, 1.165) is 36.9 Å². The highest BCUT2D eigenvalue weighted by Gasteiger charge is 2.17. The first-order valence-corrected chi connectivity index (χ1v) is 8.92. The van der Waals surface area contributed by atoms with Gasteiger partial charge in [0.25, 0.3) is 0 Å². The molecule has 1 aromatic carbocycles. The molecule has 0 spiro atoms. The zero-order valence-corrected chi connectivity index (χ0v) is 14.5. The zero-order valence-electron chi connectivity index (χ0n) is 12.9. The van der Waals surface area contributed by atoms with Crippen molar-refractivity contribution in [3.05, 3.63) is 34.7 Å². The number of rotatable bonds is 7. The summed E-state index contributed by atoms with van der Waals surface area (Å²) in [5.74, 6) is 0.149. The van der Waals surface area contributed by atoms with Gasteiger partial charge in [0, 0.05) is 21.9 Å². The molecule has 3 nitrogen and oxygen atoms in total. The Bertz CT molecular complexity index is 609. The molecule has 0 bridgehead atoms. The van der Waals surface area contributed by atoms with Crippen LogP contribution < -0.4 is 5.32 Å². The van der Waals surface area contributed by atoms with Crippen LogP contribution in [0.4, 0.5) is 5.13 Å². The first-order chi connectivity index (χ1) is 10.6. The summed E-state index contributed by atoms with van der Waals surface area (Å²) in [7, 11) is 0. The molecule has 1 N–H and O–H groups in total. The molecule has 118 valence electrons. The molecular weight excluding hydrogens is 316 g/mol. The van der Waals surface area contributed by atoms with Crippen LogP contribution in [0.15, 0.2) is 29.6 Å². The van der Waals surface area contributed by atoms with Gasteiger partial charge >= 0.3 is 0 Å². The summed E-state index contributed by atoms with van der Waals surface area (Å²) in [6.07, 6.45) is 4.00. The van der Waals surface area contributed by atoms with Crippen molar-refractivity contribution in [3.8, 4) is 11.3 Å². The molecular formula is C17H21ClN2OS. The fourth-order valence-corrected chi connectivity index (χ4v) is 3.11. The van der Waals surface area contributed by atoms with Gasteiger partial charge in [-0.25, -0.2) is 4.98 Å². The van der Waals surface area contributed by atoms with Crippen LogP contribution >= 0.6 is 22.9 Å². The Morgan fingerprint density at radius 1 is 1.32 bits per heavy atom. The molecule has 0 radical (unpaired) electrons. The largest absolute Gasteiger partial charge is 0.302 e. The molecule has 0 saturated heterocycles. The highest BCUT2D eigenvalue weighted by Crippen LogP contribution is 2.26. The van der Waals surface area contributed by atoms with Gasteiger partial charge in [0.15, 0.2) is 5.13 Å². The van der Waals surface area contributed by atoms with Crippen LogP contribution in [-0.2, 0) is 4.79 Å². The zero-order chi connectivity index (χ0) is 15.9. The maximum atomic E-state index is 12.3. The molecule has 22 heavy (non-hydrogen) atoms. The topological polar surface area (TPSA) is 42.0 Å². The smallest absolute Gasteiger partial charge is 0.229 e. The maximum Gasteiger partial charge on any atom is 0.229 e. The summed E-state index contributed by atoms with van der Waals surface area (Å²) in [5.41, 5.74) is 1.86. The summed E-state index contributed by atoms with van der Waals surface area (Å²) in [6.45, 7) is 4.20. The third kappa shape index (κ3) is 4.55. The van der Waals surface area contributed by atoms with Gasteiger partial charge in [-0.15, -0.1) is 11.3 Å². The van der Waals surface area contributed by atoms with E-state index < -0.39 is 0 Å². The lowest BCUT2D eigenvalue weighted by atomic mass is 9.99. The van der Waals surface area contributed by atoms with Gasteiger partial charge in [0.2, 0.25) is 5.91 Å². The molecule has 1 amide bonds. The monoisotopic (exact) mass is 336 g/mol. The van der Waals surface area contributed by atoms with Crippen LogP contribution in [0.3, 0.4) is 0 Å². The van der Waals surface area contributed by atoms with Gasteiger partial charge in [-0.05, 0) is 25.0 Å². The minimum Gasteiger partial charge on any atom is -0.302 e. The first-order valence-electron chi connectivity index (χ1n) is 7.66. The van der Waals surface area contributed by atoms with Gasteiger partial charge in [-0.1, -0.05) is 50.4 Å². The van der Waals surface area contributed by atoms with Crippen molar-refractivity contribution in [1.29, 1.82) is 0 Å². The Morgan fingerprint density at radius 2 is 2.05 bits per heavy atom. The van der Waals surface area contributed by atoms with Crippen molar-refractivity contribution in [2.24, 2.45) is 5.92 Å². The molecule has 5 heteroatoms. The number of halogens is 1. The number of nitrogens with one attached hydrogen (secondary N) is 1. The number of anilines is 1. The normalized spacial score (nSPS) is 12.1. The lowest BCUT2D eigenvalue weighted by Gasteiger charge is -2.12. The average molecular weight is 337 g/mol. The molecule has 0 fully saturated rings. The minimum atomic E-state index is 0.0721. The molecule has 2 rings (SSSR count). The molecule has 0 saturated carbocycles. The summed E-state index contributed by atoms with van der Waals surface area (Å²) in [6, 6.07) is 7.54. The second-order valence-corrected chi connectivity index (χ2v) is 6.58. The molecule has 0 aliphatic carbocycles. The number of nitrogens with zero attached hydrogens (tertiary/aromatic N) is 1. The van der Waals surface area contributed by atoms with Gasteiger partial charge < -0.3 is 5.32 Å². The number of thiazole rings is 1. The molecule has 2 aromatic rings. The number of benzene rings is 1. The fraction of sp³-hybridized carbons (Fsp3) is 0.412. The predicted molar refractivity (Wildman–Crippen MR) is 94.5 cm³/mol. The van der Waals surface area contributed by atoms with Crippen molar-refractivity contribution < 1.29 is 4.79 Å². The highest BCUT2D eigenvalue weighted by atomic mass is 35.5. The third-order valence-electron chi connectivity index (χ3n) is 3.64. The summed E-state index contributed by atoms with van der Waals surface area (Å²) >= 11 is 7.34. The Balaban J connectivity index is 2.02. The summed E-state index contributed by atoms with van der Waals surface area (Å²) in [4.78, 5) is 16.8. The van der Waals surface area contributed by atoms with E-state index in [-0.39, 0.29) is 11.8 Å². The van der Waals surface area contributed by atoms with Crippen molar-refractivity contribution in [1.82, 2.24) is 4.98 Å². The Hall–Kier alpha value is -1.39. The number of carbonyl (C=O) groups is 1. The Kier molecular flexibility index (Phi) is 6.40. The average Bonchev–Trinajstić information content (AvgIpc) is 2.97. The van der Waals surface area contributed by atoms with E-state index in [1.807, 2.05) is 29.6 Å². The summed E-state index contributed by atoms with van der Waals surface area (Å²) < 4.78 is 0. The van der Waals surface area contributed by atoms with Gasteiger partial charge in [-0.2, -0.15) is 0 Å². The first kappa shape index (κ1) is 17.0. The second-order valence-electron chi connectivity index (χ2n) is 5.28. The van der Waals surface area contributed by atoms with Crippen molar-refractivity contribution in [2.75, 3.05) is 5.32 Å². The van der Waals surface area contributed by atoms with Crippen LogP contribution in [0, 0.1) is 5.92 Å². The number of hydrogen-bond donors (Lipinski definition) is 1. The number of hydrogen-bond acceptors (Lipinski definition) is 3. The standard InChI is InChI=1S/C17H21ClN2OS/c1-3-5-6-12(4-2)16(21)20-17-19-15(11-22-17)13-7-9-14(18)10-8-13/h7-12H,3-6H2,1-2H3,(H,19,20,21)/t12-/m0/s1. The highest BCUT2D eigenvalue weighted by molar-refractivity contribution is 7.14. The maximum absolute atomic E-state index is 12.3. The number of amides is 1. The van der Waals surface area contributed by atoms with Crippen molar-refractivity contribution >= 4 is 34.0 Å². The molecule has 0 aliphatic heterocycles. The van der Waals surface area contributed by atoms with E-state index in [4.69, 9.17) is 11.6 Å². The van der Waals surface area contributed by atoms with Crippen molar-refractivity contribution in [3.63, 3.8) is 0 Å². The van der Waals surface area contributed by atoms with Crippen LogP contribution in [0.25, 0.3) is 11.3 Å². The van der Waals surface area contributed by atoms with E-state index in [2.05, 4.69) is 24.1 Å². The number of unbranched alkanes of at least 4 members (excludes halogenated alkanes) is 1. The quantitative estimate of drug-likeness (QED) is 0.713. The van der Waals surface area contributed by atoms with Crippen molar-refractivity contribution in [2.45, 2.75) is 39.5 Å². The molecule has 1 atom stereocenters.